The van der Waals surface area contributed by atoms with Crippen molar-refractivity contribution in [1.29, 1.82) is 0 Å². The van der Waals surface area contributed by atoms with Crippen LogP contribution in [-0.4, -0.2) is 48.3 Å². The Morgan fingerprint density at radius 3 is 2.58 bits per heavy atom. The lowest BCUT2D eigenvalue weighted by molar-refractivity contribution is -0.160. The average Bonchev–Trinajstić information content (AvgIpc) is 2.46. The zero-order valence-corrected chi connectivity index (χ0v) is 12.1. The van der Waals surface area contributed by atoms with Gasteiger partial charge >= 0.3 is 5.97 Å². The first-order valence-electron chi connectivity index (χ1n) is 7.73. The van der Waals surface area contributed by atoms with Gasteiger partial charge in [0.05, 0.1) is 6.61 Å². The molecule has 1 atom stereocenters. The number of hydrogen-bond donors (Lipinski definition) is 1. The third kappa shape index (κ3) is 3.48. The Balaban J connectivity index is 2.03. The number of rotatable bonds is 5. The summed E-state index contributed by atoms with van der Waals surface area (Å²) in [5, 5.41) is 9.62. The van der Waals surface area contributed by atoms with Crippen molar-refractivity contribution in [3.05, 3.63) is 0 Å². The predicted molar refractivity (Wildman–Crippen MR) is 74.2 cm³/mol. The molecule has 19 heavy (non-hydrogen) atoms. The second-order valence-corrected chi connectivity index (χ2v) is 6.10. The van der Waals surface area contributed by atoms with Crippen LogP contribution in [0.5, 0.6) is 0 Å². The fraction of sp³-hybridized carbons (Fsp3) is 0.933. The van der Waals surface area contributed by atoms with Gasteiger partial charge in [0.1, 0.15) is 5.41 Å². The molecule has 1 unspecified atom stereocenters. The molecule has 1 aliphatic heterocycles. The number of hydrogen-bond acceptors (Lipinski definition) is 3. The Morgan fingerprint density at radius 2 is 2.05 bits per heavy atom. The Hall–Kier alpha value is -0.610. The molecule has 0 amide bonds. The largest absolute Gasteiger partial charge is 0.481 e. The lowest BCUT2D eigenvalue weighted by Gasteiger charge is -2.41. The van der Waals surface area contributed by atoms with E-state index in [1.54, 1.807) is 0 Å². The van der Waals surface area contributed by atoms with Gasteiger partial charge < -0.3 is 9.84 Å². The van der Waals surface area contributed by atoms with Gasteiger partial charge in [-0.2, -0.15) is 0 Å². The molecule has 0 aromatic rings. The molecular weight excluding hydrogens is 242 g/mol. The SMILES string of the molecule is CCN(CC1(C(=O)O)CCCOC1)C1CCCCC1. The van der Waals surface area contributed by atoms with Crippen LogP contribution in [0.25, 0.3) is 0 Å². The lowest BCUT2D eigenvalue weighted by atomic mass is 9.81. The normalized spacial score (nSPS) is 29.6. The molecule has 1 saturated heterocycles. The first kappa shape index (κ1) is 14.8. The van der Waals surface area contributed by atoms with Crippen molar-refractivity contribution in [1.82, 2.24) is 4.90 Å². The highest BCUT2D eigenvalue weighted by molar-refractivity contribution is 5.75. The molecular formula is C15H27NO3. The fourth-order valence-corrected chi connectivity index (χ4v) is 3.55. The zero-order chi connectivity index (χ0) is 13.7. The van der Waals surface area contributed by atoms with E-state index in [9.17, 15) is 9.90 Å². The minimum atomic E-state index is -0.679. The van der Waals surface area contributed by atoms with E-state index in [-0.39, 0.29) is 0 Å². The van der Waals surface area contributed by atoms with Crippen LogP contribution in [0.2, 0.25) is 0 Å². The molecule has 0 bridgehead atoms. The number of carboxylic acids is 1. The minimum absolute atomic E-state index is 0.381. The Kier molecular flexibility index (Phi) is 5.22. The van der Waals surface area contributed by atoms with E-state index in [4.69, 9.17) is 4.74 Å². The molecule has 1 N–H and O–H groups in total. The number of carboxylic acid groups (broad SMARTS) is 1. The molecule has 0 radical (unpaired) electrons. The molecule has 1 aliphatic carbocycles. The van der Waals surface area contributed by atoms with Gasteiger partial charge in [-0.05, 0) is 32.2 Å². The summed E-state index contributed by atoms with van der Waals surface area (Å²) in [6.07, 6.45) is 7.99. The van der Waals surface area contributed by atoms with E-state index in [2.05, 4.69) is 11.8 Å². The van der Waals surface area contributed by atoms with E-state index in [1.165, 1.54) is 32.1 Å². The number of carbonyl (C=O) groups is 1. The lowest BCUT2D eigenvalue weighted by Crippen LogP contribution is -2.51. The second-order valence-electron chi connectivity index (χ2n) is 6.10. The molecule has 0 spiro atoms. The first-order valence-corrected chi connectivity index (χ1v) is 7.73. The smallest absolute Gasteiger partial charge is 0.313 e. The molecule has 0 aromatic carbocycles. The van der Waals surface area contributed by atoms with E-state index >= 15 is 0 Å². The molecule has 1 heterocycles. The summed E-state index contributed by atoms with van der Waals surface area (Å²) in [4.78, 5) is 14.1. The van der Waals surface area contributed by atoms with Crippen LogP contribution in [0, 0.1) is 5.41 Å². The summed E-state index contributed by atoms with van der Waals surface area (Å²) >= 11 is 0. The Morgan fingerprint density at radius 1 is 1.32 bits per heavy atom. The van der Waals surface area contributed by atoms with E-state index in [1.807, 2.05) is 0 Å². The quantitative estimate of drug-likeness (QED) is 0.833. The van der Waals surface area contributed by atoms with Crippen molar-refractivity contribution < 1.29 is 14.6 Å². The topological polar surface area (TPSA) is 49.8 Å². The number of nitrogens with zero attached hydrogens (tertiary/aromatic N) is 1. The van der Waals surface area contributed by atoms with Crippen LogP contribution in [0.1, 0.15) is 51.9 Å². The number of aliphatic carboxylic acids is 1. The molecule has 2 aliphatic rings. The predicted octanol–water partition coefficient (Wildman–Crippen LogP) is 2.52. The molecule has 110 valence electrons. The van der Waals surface area contributed by atoms with E-state index in [0.29, 0.717) is 25.8 Å². The van der Waals surface area contributed by atoms with Crippen molar-refractivity contribution in [2.45, 2.75) is 57.9 Å². The first-order chi connectivity index (χ1) is 9.18. The van der Waals surface area contributed by atoms with Gasteiger partial charge in [0.15, 0.2) is 0 Å². The van der Waals surface area contributed by atoms with E-state index in [0.717, 1.165) is 19.4 Å². The summed E-state index contributed by atoms with van der Waals surface area (Å²) in [6.45, 7) is 4.84. The highest BCUT2D eigenvalue weighted by Gasteiger charge is 2.42. The minimum Gasteiger partial charge on any atom is -0.481 e. The van der Waals surface area contributed by atoms with Gasteiger partial charge in [-0.25, -0.2) is 0 Å². The summed E-state index contributed by atoms with van der Waals surface area (Å²) in [7, 11) is 0. The monoisotopic (exact) mass is 269 g/mol. The Bertz CT molecular complexity index is 294. The maximum atomic E-state index is 11.7. The standard InChI is InChI=1S/C15H27NO3/c1-2-16(13-7-4-3-5-8-13)11-15(14(17)18)9-6-10-19-12-15/h13H,2-12H2,1H3,(H,17,18). The summed E-state index contributed by atoms with van der Waals surface area (Å²) in [6, 6.07) is 0.580. The third-order valence-electron chi connectivity index (χ3n) is 4.78. The summed E-state index contributed by atoms with van der Waals surface area (Å²) in [5.41, 5.74) is -0.675. The third-order valence-corrected chi connectivity index (χ3v) is 4.78. The summed E-state index contributed by atoms with van der Waals surface area (Å²) < 4.78 is 5.47. The summed E-state index contributed by atoms with van der Waals surface area (Å²) in [5.74, 6) is -0.679. The van der Waals surface area contributed by atoms with E-state index < -0.39 is 11.4 Å². The maximum Gasteiger partial charge on any atom is 0.313 e. The van der Waals surface area contributed by atoms with Crippen LogP contribution >= 0.6 is 0 Å². The highest BCUT2D eigenvalue weighted by Crippen LogP contribution is 2.32. The zero-order valence-electron chi connectivity index (χ0n) is 12.1. The van der Waals surface area contributed by atoms with Crippen molar-refractivity contribution in [2.24, 2.45) is 5.41 Å². The van der Waals surface area contributed by atoms with Crippen molar-refractivity contribution in [3.8, 4) is 0 Å². The average molecular weight is 269 g/mol. The van der Waals surface area contributed by atoms with Gasteiger partial charge in [0, 0.05) is 19.2 Å². The van der Waals surface area contributed by atoms with Crippen LogP contribution in [0.15, 0.2) is 0 Å². The van der Waals surface area contributed by atoms with Crippen LogP contribution in [0.3, 0.4) is 0 Å². The van der Waals surface area contributed by atoms with Gasteiger partial charge in [0.25, 0.3) is 0 Å². The maximum absolute atomic E-state index is 11.7. The second kappa shape index (κ2) is 6.71. The van der Waals surface area contributed by atoms with Crippen LogP contribution < -0.4 is 0 Å². The number of ether oxygens (including phenoxy) is 1. The van der Waals surface area contributed by atoms with Crippen LogP contribution in [-0.2, 0) is 9.53 Å². The fourth-order valence-electron chi connectivity index (χ4n) is 3.55. The van der Waals surface area contributed by atoms with Gasteiger partial charge in [0.2, 0.25) is 0 Å². The Labute approximate surface area is 116 Å². The molecule has 2 fully saturated rings. The van der Waals surface area contributed by atoms with Crippen molar-refractivity contribution >= 4 is 5.97 Å². The molecule has 4 heteroatoms. The van der Waals surface area contributed by atoms with Gasteiger partial charge in [-0.15, -0.1) is 0 Å². The van der Waals surface area contributed by atoms with Gasteiger partial charge in [-0.3, -0.25) is 9.69 Å². The molecule has 2 rings (SSSR count). The van der Waals surface area contributed by atoms with Gasteiger partial charge in [-0.1, -0.05) is 26.2 Å². The molecule has 1 saturated carbocycles. The molecule has 0 aromatic heterocycles. The van der Waals surface area contributed by atoms with Crippen molar-refractivity contribution in [2.75, 3.05) is 26.3 Å². The molecule has 4 nitrogen and oxygen atoms in total. The van der Waals surface area contributed by atoms with Crippen molar-refractivity contribution in [3.63, 3.8) is 0 Å². The highest BCUT2D eigenvalue weighted by atomic mass is 16.5. The van der Waals surface area contributed by atoms with Crippen LogP contribution in [0.4, 0.5) is 0 Å².